The number of nitrogens with two attached hydrogens (primary N) is 1. The van der Waals surface area contributed by atoms with Crippen molar-refractivity contribution >= 4 is 0 Å². The molecule has 0 amide bonds. The molecule has 0 radical (unpaired) electrons. The summed E-state index contributed by atoms with van der Waals surface area (Å²) >= 11 is 0. The summed E-state index contributed by atoms with van der Waals surface area (Å²) < 4.78 is 5.28. The van der Waals surface area contributed by atoms with E-state index in [4.69, 9.17) is 10.3 Å². The SMILES string of the molecule is CCCC(C)(N)c1nc(-c2cnccc2C)no1. The molecule has 5 nitrogen and oxygen atoms in total. The van der Waals surface area contributed by atoms with E-state index in [1.54, 1.807) is 12.4 Å². The molecule has 2 aromatic heterocycles. The molecule has 0 aromatic carbocycles. The predicted molar refractivity (Wildman–Crippen MR) is 68.7 cm³/mol. The van der Waals surface area contributed by atoms with Gasteiger partial charge in [-0.25, -0.2) is 0 Å². The molecule has 2 aromatic rings. The Morgan fingerprint density at radius 2 is 2.22 bits per heavy atom. The fourth-order valence-electron chi connectivity index (χ4n) is 1.89. The fourth-order valence-corrected chi connectivity index (χ4v) is 1.89. The van der Waals surface area contributed by atoms with Gasteiger partial charge in [-0.15, -0.1) is 0 Å². The number of aryl methyl sites for hydroxylation is 1. The second kappa shape index (κ2) is 4.86. The molecule has 0 aliphatic heterocycles. The minimum atomic E-state index is -0.573. The van der Waals surface area contributed by atoms with Crippen LogP contribution in [0.4, 0.5) is 0 Å². The summed E-state index contributed by atoms with van der Waals surface area (Å²) in [5.41, 5.74) is 7.53. The molecule has 0 fully saturated rings. The lowest BCUT2D eigenvalue weighted by atomic mass is 9.98. The number of hydrogen-bond donors (Lipinski definition) is 1. The molecule has 1 atom stereocenters. The van der Waals surface area contributed by atoms with E-state index in [0.717, 1.165) is 24.0 Å². The molecule has 96 valence electrons. The van der Waals surface area contributed by atoms with Crippen LogP contribution in [-0.4, -0.2) is 15.1 Å². The molecule has 0 saturated heterocycles. The molecule has 0 aliphatic rings. The van der Waals surface area contributed by atoms with E-state index >= 15 is 0 Å². The first kappa shape index (κ1) is 12.7. The molecule has 1 unspecified atom stereocenters. The summed E-state index contributed by atoms with van der Waals surface area (Å²) in [4.78, 5) is 8.47. The van der Waals surface area contributed by atoms with Crippen molar-refractivity contribution in [3.05, 3.63) is 29.9 Å². The van der Waals surface area contributed by atoms with E-state index < -0.39 is 5.54 Å². The lowest BCUT2D eigenvalue weighted by Crippen LogP contribution is -2.33. The van der Waals surface area contributed by atoms with Crippen molar-refractivity contribution in [1.82, 2.24) is 15.1 Å². The molecule has 2 N–H and O–H groups in total. The summed E-state index contributed by atoms with van der Waals surface area (Å²) in [6.07, 6.45) is 5.25. The van der Waals surface area contributed by atoms with Gasteiger partial charge in [0.2, 0.25) is 11.7 Å². The van der Waals surface area contributed by atoms with E-state index in [1.165, 1.54) is 0 Å². The zero-order valence-electron chi connectivity index (χ0n) is 11.0. The second-order valence-electron chi connectivity index (χ2n) is 4.78. The minimum Gasteiger partial charge on any atom is -0.337 e. The summed E-state index contributed by atoms with van der Waals surface area (Å²) in [6, 6.07) is 1.92. The first-order valence-corrected chi connectivity index (χ1v) is 6.08. The standard InChI is InChI=1S/C13H18N4O/c1-4-6-13(3,14)12-16-11(17-18-12)10-8-15-7-5-9(10)2/h5,7-8H,4,6,14H2,1-3H3. The van der Waals surface area contributed by atoms with Crippen molar-refractivity contribution in [2.45, 2.75) is 39.2 Å². The van der Waals surface area contributed by atoms with Crippen LogP contribution in [0.25, 0.3) is 11.4 Å². The van der Waals surface area contributed by atoms with Crippen LogP contribution in [0.5, 0.6) is 0 Å². The van der Waals surface area contributed by atoms with Crippen LogP contribution < -0.4 is 5.73 Å². The predicted octanol–water partition coefficient (Wildman–Crippen LogP) is 2.41. The van der Waals surface area contributed by atoms with Crippen molar-refractivity contribution < 1.29 is 4.52 Å². The van der Waals surface area contributed by atoms with Crippen molar-refractivity contribution in [3.63, 3.8) is 0 Å². The first-order valence-electron chi connectivity index (χ1n) is 6.08. The Morgan fingerprint density at radius 3 is 2.89 bits per heavy atom. The van der Waals surface area contributed by atoms with Gasteiger partial charge in [-0.3, -0.25) is 4.98 Å². The fraction of sp³-hybridized carbons (Fsp3) is 0.462. The van der Waals surface area contributed by atoms with Gasteiger partial charge in [0, 0.05) is 18.0 Å². The van der Waals surface area contributed by atoms with Gasteiger partial charge in [-0.1, -0.05) is 18.5 Å². The van der Waals surface area contributed by atoms with Crippen molar-refractivity contribution in [2.75, 3.05) is 0 Å². The van der Waals surface area contributed by atoms with E-state index in [2.05, 4.69) is 22.0 Å². The molecule has 5 heteroatoms. The molecule has 0 spiro atoms. The Kier molecular flexibility index (Phi) is 3.43. The number of nitrogens with zero attached hydrogens (tertiary/aromatic N) is 3. The van der Waals surface area contributed by atoms with Gasteiger partial charge in [-0.2, -0.15) is 4.98 Å². The van der Waals surface area contributed by atoms with Gasteiger partial charge < -0.3 is 10.3 Å². The Bertz CT molecular complexity index is 533. The van der Waals surface area contributed by atoms with Crippen molar-refractivity contribution in [3.8, 4) is 11.4 Å². The summed E-state index contributed by atoms with van der Waals surface area (Å²) in [7, 11) is 0. The van der Waals surface area contributed by atoms with E-state index in [-0.39, 0.29) is 0 Å². The Morgan fingerprint density at radius 1 is 1.44 bits per heavy atom. The highest BCUT2D eigenvalue weighted by atomic mass is 16.5. The maximum Gasteiger partial charge on any atom is 0.246 e. The third-order valence-corrected chi connectivity index (χ3v) is 2.96. The van der Waals surface area contributed by atoms with Crippen LogP contribution >= 0.6 is 0 Å². The first-order chi connectivity index (χ1) is 8.54. The van der Waals surface area contributed by atoms with Gasteiger partial charge in [0.25, 0.3) is 0 Å². The topological polar surface area (TPSA) is 77.8 Å². The van der Waals surface area contributed by atoms with Gasteiger partial charge in [0.05, 0.1) is 5.54 Å². The summed E-state index contributed by atoms with van der Waals surface area (Å²) in [5, 5.41) is 3.99. The molecular weight excluding hydrogens is 228 g/mol. The quantitative estimate of drug-likeness (QED) is 0.896. The number of pyridine rings is 1. The second-order valence-corrected chi connectivity index (χ2v) is 4.78. The van der Waals surface area contributed by atoms with Gasteiger partial charge in [0.1, 0.15) is 0 Å². The van der Waals surface area contributed by atoms with Crippen LogP contribution in [0.2, 0.25) is 0 Å². The normalized spacial score (nSPS) is 14.4. The smallest absolute Gasteiger partial charge is 0.246 e. The molecule has 0 saturated carbocycles. The molecule has 2 rings (SSSR count). The zero-order chi connectivity index (χ0) is 13.2. The van der Waals surface area contributed by atoms with Crippen molar-refractivity contribution in [1.29, 1.82) is 0 Å². The monoisotopic (exact) mass is 246 g/mol. The average Bonchev–Trinajstić information content (AvgIpc) is 2.79. The van der Waals surface area contributed by atoms with Crippen LogP contribution in [-0.2, 0) is 5.54 Å². The summed E-state index contributed by atoms with van der Waals surface area (Å²) in [6.45, 7) is 5.97. The number of hydrogen-bond acceptors (Lipinski definition) is 5. The third-order valence-electron chi connectivity index (χ3n) is 2.96. The Balaban J connectivity index is 2.34. The molecular formula is C13H18N4O. The third kappa shape index (κ3) is 2.41. The van der Waals surface area contributed by atoms with Crippen LogP contribution in [0.1, 0.15) is 38.1 Å². The number of rotatable bonds is 4. The maximum absolute atomic E-state index is 6.17. The van der Waals surface area contributed by atoms with Gasteiger partial charge in [0.15, 0.2) is 0 Å². The summed E-state index contributed by atoms with van der Waals surface area (Å²) in [5.74, 6) is 1.02. The highest BCUT2D eigenvalue weighted by Gasteiger charge is 2.27. The zero-order valence-corrected chi connectivity index (χ0v) is 11.0. The minimum absolute atomic E-state index is 0.475. The van der Waals surface area contributed by atoms with Gasteiger partial charge >= 0.3 is 0 Å². The Hall–Kier alpha value is -1.75. The lowest BCUT2D eigenvalue weighted by molar-refractivity contribution is 0.284. The van der Waals surface area contributed by atoms with Crippen LogP contribution in [0.15, 0.2) is 23.0 Å². The molecule has 18 heavy (non-hydrogen) atoms. The highest BCUT2D eigenvalue weighted by Crippen LogP contribution is 2.25. The van der Waals surface area contributed by atoms with E-state index in [1.807, 2.05) is 19.9 Å². The van der Waals surface area contributed by atoms with Crippen LogP contribution in [0.3, 0.4) is 0 Å². The van der Waals surface area contributed by atoms with E-state index in [9.17, 15) is 0 Å². The Labute approximate surface area is 106 Å². The van der Waals surface area contributed by atoms with Crippen molar-refractivity contribution in [2.24, 2.45) is 5.73 Å². The molecule has 0 bridgehead atoms. The number of aromatic nitrogens is 3. The van der Waals surface area contributed by atoms with E-state index in [0.29, 0.717) is 11.7 Å². The lowest BCUT2D eigenvalue weighted by Gasteiger charge is -2.18. The average molecular weight is 246 g/mol. The molecule has 0 aliphatic carbocycles. The van der Waals surface area contributed by atoms with Gasteiger partial charge in [-0.05, 0) is 31.9 Å². The maximum atomic E-state index is 6.17. The largest absolute Gasteiger partial charge is 0.337 e. The highest BCUT2D eigenvalue weighted by molar-refractivity contribution is 5.57. The molecule has 2 heterocycles. The van der Waals surface area contributed by atoms with Crippen LogP contribution in [0, 0.1) is 6.92 Å².